The molecule has 1 aliphatic heterocycles. The fourth-order valence-corrected chi connectivity index (χ4v) is 5.13. The molecule has 0 fully saturated rings. The third-order valence-corrected chi connectivity index (χ3v) is 7.24. The summed E-state index contributed by atoms with van der Waals surface area (Å²) >= 11 is 1.51. The minimum atomic E-state index is -0.141. The summed E-state index contributed by atoms with van der Waals surface area (Å²) in [6, 6.07) is 24.4. The number of nitrogens with one attached hydrogen (secondary N) is 1. The molecule has 1 aromatic heterocycles. The summed E-state index contributed by atoms with van der Waals surface area (Å²) in [5, 5.41) is 5.66. The monoisotopic (exact) mass is 558 g/mol. The van der Waals surface area contributed by atoms with Gasteiger partial charge in [-0.1, -0.05) is 48.5 Å². The van der Waals surface area contributed by atoms with Crippen molar-refractivity contribution in [2.45, 2.75) is 26.2 Å². The number of carbonyl (C=O) groups is 1. The van der Waals surface area contributed by atoms with Crippen LogP contribution >= 0.6 is 11.3 Å². The largest absolute Gasteiger partial charge is 0.489 e. The van der Waals surface area contributed by atoms with Gasteiger partial charge in [0, 0.05) is 31.6 Å². The maximum absolute atomic E-state index is 12.6. The molecular formula is C31H34N4O4S. The maximum atomic E-state index is 12.6. The number of nitrogens with zero attached hydrogens (tertiary/aromatic N) is 3. The van der Waals surface area contributed by atoms with Gasteiger partial charge in [0.2, 0.25) is 6.79 Å². The second-order valence-corrected chi connectivity index (χ2v) is 10.9. The topological polar surface area (TPSA) is 76.2 Å². The number of hydrogen-bond donors (Lipinski definition) is 1. The van der Waals surface area contributed by atoms with Crippen LogP contribution in [0.25, 0.3) is 0 Å². The second kappa shape index (κ2) is 13.4. The molecule has 0 radical (unpaired) electrons. The predicted octanol–water partition coefficient (Wildman–Crippen LogP) is 4.94. The molecule has 0 saturated carbocycles. The minimum absolute atomic E-state index is 0.141. The van der Waals surface area contributed by atoms with E-state index >= 15 is 0 Å². The third kappa shape index (κ3) is 7.81. The minimum Gasteiger partial charge on any atom is -0.489 e. The van der Waals surface area contributed by atoms with E-state index in [9.17, 15) is 4.79 Å². The van der Waals surface area contributed by atoms with Crippen molar-refractivity contribution in [3.8, 4) is 17.2 Å². The summed E-state index contributed by atoms with van der Waals surface area (Å²) < 4.78 is 17.0. The van der Waals surface area contributed by atoms with Gasteiger partial charge in [-0.05, 0) is 55.1 Å². The predicted molar refractivity (Wildman–Crippen MR) is 156 cm³/mol. The Morgan fingerprint density at radius 2 is 1.68 bits per heavy atom. The molecule has 208 valence electrons. The van der Waals surface area contributed by atoms with Crippen LogP contribution in [-0.2, 0) is 26.2 Å². The lowest BCUT2D eigenvalue weighted by Gasteiger charge is -2.22. The Bertz CT molecular complexity index is 1390. The Morgan fingerprint density at radius 1 is 0.925 bits per heavy atom. The van der Waals surface area contributed by atoms with E-state index in [2.05, 4.69) is 45.5 Å². The van der Waals surface area contributed by atoms with Gasteiger partial charge in [0.15, 0.2) is 11.5 Å². The molecule has 2 heterocycles. The van der Waals surface area contributed by atoms with Gasteiger partial charge in [-0.3, -0.25) is 9.69 Å². The third-order valence-electron chi connectivity index (χ3n) is 6.41. The molecule has 5 rings (SSSR count). The maximum Gasteiger partial charge on any atom is 0.270 e. The fourth-order valence-electron chi connectivity index (χ4n) is 4.32. The van der Waals surface area contributed by atoms with E-state index in [1.807, 2.05) is 66.8 Å². The van der Waals surface area contributed by atoms with Gasteiger partial charge in [-0.25, -0.2) is 4.98 Å². The number of benzene rings is 3. The van der Waals surface area contributed by atoms with Gasteiger partial charge in [0.05, 0.1) is 6.54 Å². The van der Waals surface area contributed by atoms with E-state index in [4.69, 9.17) is 14.2 Å². The molecule has 1 N–H and O–H groups in total. The van der Waals surface area contributed by atoms with Crippen LogP contribution in [0.4, 0.5) is 0 Å². The van der Waals surface area contributed by atoms with Gasteiger partial charge in [-0.15, -0.1) is 11.3 Å². The molecule has 40 heavy (non-hydrogen) atoms. The molecule has 4 aromatic rings. The Kier molecular flexibility index (Phi) is 9.28. The Labute approximate surface area is 239 Å². The molecule has 0 spiro atoms. The number of carbonyl (C=O) groups excluding carboxylic acids is 1. The van der Waals surface area contributed by atoms with Gasteiger partial charge >= 0.3 is 0 Å². The highest BCUT2D eigenvalue weighted by Gasteiger charge is 2.17. The molecule has 9 heteroatoms. The van der Waals surface area contributed by atoms with E-state index in [1.54, 1.807) is 0 Å². The molecule has 3 aromatic carbocycles. The van der Waals surface area contributed by atoms with Crippen molar-refractivity contribution in [1.29, 1.82) is 0 Å². The van der Waals surface area contributed by atoms with E-state index in [0.717, 1.165) is 45.5 Å². The van der Waals surface area contributed by atoms with Gasteiger partial charge in [0.1, 0.15) is 23.1 Å². The molecule has 0 aliphatic carbocycles. The number of likely N-dealkylation sites (N-methyl/N-ethyl adjacent to an activating group) is 1. The van der Waals surface area contributed by atoms with Gasteiger partial charge in [0.25, 0.3) is 5.91 Å². The van der Waals surface area contributed by atoms with E-state index in [-0.39, 0.29) is 12.7 Å². The molecule has 0 saturated heterocycles. The first-order valence-corrected chi connectivity index (χ1v) is 14.1. The number of hydrogen-bond acceptors (Lipinski definition) is 8. The van der Waals surface area contributed by atoms with Crippen molar-refractivity contribution < 1.29 is 19.0 Å². The standard InChI is InChI=1S/C31H34N4O4S/c1-34(2)15-14-32-31(36)27-21-40-30(33-27)19-35(18-25-10-13-28-29(16-25)39-22-38-28)17-23-8-11-26(12-9-23)37-20-24-6-4-3-5-7-24/h3-13,16,21H,14-15,17-20,22H2,1-2H3,(H,32,36). The number of aromatic nitrogens is 1. The number of amides is 1. The van der Waals surface area contributed by atoms with Crippen LogP contribution in [0, 0.1) is 0 Å². The first-order chi connectivity index (χ1) is 19.5. The first-order valence-electron chi connectivity index (χ1n) is 13.3. The molecule has 1 aliphatic rings. The van der Waals surface area contributed by atoms with Crippen LogP contribution in [0.15, 0.2) is 78.2 Å². The van der Waals surface area contributed by atoms with Crippen molar-refractivity contribution in [3.05, 3.63) is 106 Å². The first kappa shape index (κ1) is 27.6. The normalized spacial score (nSPS) is 12.2. The van der Waals surface area contributed by atoms with Gasteiger partial charge in [-0.2, -0.15) is 0 Å². The Balaban J connectivity index is 1.25. The van der Waals surface area contributed by atoms with E-state index in [0.29, 0.717) is 38.5 Å². The lowest BCUT2D eigenvalue weighted by Crippen LogP contribution is -2.31. The quantitative estimate of drug-likeness (QED) is 0.249. The Hall–Kier alpha value is -3.92. The van der Waals surface area contributed by atoms with Crippen LogP contribution in [-0.4, -0.2) is 54.7 Å². The lowest BCUT2D eigenvalue weighted by molar-refractivity contribution is 0.0946. The highest BCUT2D eigenvalue weighted by molar-refractivity contribution is 7.09. The van der Waals surface area contributed by atoms with Crippen molar-refractivity contribution in [1.82, 2.24) is 20.1 Å². The fraction of sp³-hybridized carbons (Fsp3) is 0.290. The van der Waals surface area contributed by atoms with Crippen molar-refractivity contribution in [3.63, 3.8) is 0 Å². The zero-order valence-electron chi connectivity index (χ0n) is 22.8. The summed E-state index contributed by atoms with van der Waals surface area (Å²) in [6.07, 6.45) is 0. The molecular weight excluding hydrogens is 524 g/mol. The SMILES string of the molecule is CN(C)CCNC(=O)c1csc(CN(Cc2ccc(OCc3ccccc3)cc2)Cc2ccc3c(c2)OCO3)n1. The summed E-state index contributed by atoms with van der Waals surface area (Å²) in [7, 11) is 3.96. The average Bonchev–Trinajstić information content (AvgIpc) is 3.62. The summed E-state index contributed by atoms with van der Waals surface area (Å²) in [6.45, 7) is 4.15. The molecule has 1 amide bonds. The van der Waals surface area contributed by atoms with Crippen molar-refractivity contribution in [2.24, 2.45) is 0 Å². The van der Waals surface area contributed by atoms with Crippen molar-refractivity contribution in [2.75, 3.05) is 34.0 Å². The van der Waals surface area contributed by atoms with Crippen LogP contribution in [0.1, 0.15) is 32.2 Å². The molecule has 8 nitrogen and oxygen atoms in total. The van der Waals surface area contributed by atoms with E-state index < -0.39 is 0 Å². The summed E-state index contributed by atoms with van der Waals surface area (Å²) in [5.41, 5.74) is 3.87. The van der Waals surface area contributed by atoms with E-state index in [1.165, 1.54) is 11.3 Å². The number of fused-ring (bicyclic) bond motifs is 1. The highest BCUT2D eigenvalue weighted by Crippen LogP contribution is 2.33. The number of ether oxygens (including phenoxy) is 3. The number of rotatable bonds is 13. The lowest BCUT2D eigenvalue weighted by atomic mass is 10.1. The van der Waals surface area contributed by atoms with Gasteiger partial charge < -0.3 is 24.4 Å². The average molecular weight is 559 g/mol. The van der Waals surface area contributed by atoms with Crippen LogP contribution < -0.4 is 19.5 Å². The Morgan fingerprint density at radius 3 is 2.48 bits per heavy atom. The van der Waals surface area contributed by atoms with Crippen LogP contribution in [0.3, 0.4) is 0 Å². The number of thiazole rings is 1. The second-order valence-electron chi connectivity index (χ2n) is 9.94. The summed E-state index contributed by atoms with van der Waals surface area (Å²) in [5.74, 6) is 2.23. The smallest absolute Gasteiger partial charge is 0.270 e. The molecule has 0 atom stereocenters. The highest BCUT2D eigenvalue weighted by atomic mass is 32.1. The zero-order valence-corrected chi connectivity index (χ0v) is 23.7. The zero-order chi connectivity index (χ0) is 27.7. The molecule has 0 bridgehead atoms. The van der Waals surface area contributed by atoms with Crippen molar-refractivity contribution >= 4 is 17.2 Å². The molecule has 0 unspecified atom stereocenters. The van der Waals surface area contributed by atoms with Crippen LogP contribution in [0.2, 0.25) is 0 Å². The summed E-state index contributed by atoms with van der Waals surface area (Å²) in [4.78, 5) is 21.5. The van der Waals surface area contributed by atoms with Crippen LogP contribution in [0.5, 0.6) is 17.2 Å².